The molecule has 14 heteroatoms. The molecule has 1 amide bonds. The minimum absolute atomic E-state index is 0.0248. The Morgan fingerprint density at radius 1 is 1.11 bits per heavy atom. The molecule has 0 radical (unpaired) electrons. The van der Waals surface area contributed by atoms with E-state index in [2.05, 4.69) is 40.5 Å². The summed E-state index contributed by atoms with van der Waals surface area (Å²) in [7, 11) is 1.62. The average Bonchev–Trinajstić information content (AvgIpc) is 3.39. The van der Waals surface area contributed by atoms with Gasteiger partial charge in [0, 0.05) is 50.0 Å². The van der Waals surface area contributed by atoms with Gasteiger partial charge in [-0.1, -0.05) is 6.07 Å². The van der Waals surface area contributed by atoms with Crippen molar-refractivity contribution in [3.63, 3.8) is 0 Å². The lowest BCUT2D eigenvalue weighted by atomic mass is 9.93. The largest absolute Gasteiger partial charge is 0.491 e. The van der Waals surface area contributed by atoms with Gasteiger partial charge in [0.2, 0.25) is 11.9 Å². The maximum absolute atomic E-state index is 12.6. The van der Waals surface area contributed by atoms with Crippen molar-refractivity contribution >= 4 is 34.5 Å². The minimum atomic E-state index is -4.50. The standard InChI is InChI=1S/C30H34F3N9O2/c1-18(41-10-12-42(13-11-41)25(43)16-30(31,32)33)19-8-9-34-24(15-19)40-29-38-22-7-6-20(14-23(22)39-29)26-27(44-2)28(36-17-35-26)37-21-4-3-5-21/h6-9,14-15,17-18,21H,3-5,10-13,16H2,1-2H3,(H,35,36,37)(H2,34,38,39,40). The van der Waals surface area contributed by atoms with Gasteiger partial charge in [-0.2, -0.15) is 13.2 Å². The van der Waals surface area contributed by atoms with E-state index >= 15 is 0 Å². The Balaban J connectivity index is 1.13. The number of fused-ring (bicyclic) bond motifs is 1. The topological polar surface area (TPSA) is 124 Å². The van der Waals surface area contributed by atoms with Crippen LogP contribution in [0, 0.1) is 0 Å². The SMILES string of the molecule is COc1c(NC2CCC2)ncnc1-c1ccc2nc(Nc3cc(C(C)N4CCN(C(=O)CC(F)(F)F)CC4)ccn3)[nH]c2c1. The van der Waals surface area contributed by atoms with Crippen LogP contribution in [0.3, 0.4) is 0 Å². The number of hydrogen-bond donors (Lipinski definition) is 3. The fraction of sp³-hybridized carbons (Fsp3) is 0.433. The number of ether oxygens (including phenoxy) is 1. The van der Waals surface area contributed by atoms with Gasteiger partial charge in [-0.15, -0.1) is 0 Å². The van der Waals surface area contributed by atoms with E-state index in [0.29, 0.717) is 48.2 Å². The molecule has 1 aliphatic heterocycles. The van der Waals surface area contributed by atoms with Crippen LogP contribution < -0.4 is 15.4 Å². The summed E-state index contributed by atoms with van der Waals surface area (Å²) in [5, 5.41) is 6.70. The number of aromatic amines is 1. The first-order valence-corrected chi connectivity index (χ1v) is 14.6. The number of halogens is 3. The molecule has 4 aromatic rings. The Morgan fingerprint density at radius 2 is 1.91 bits per heavy atom. The van der Waals surface area contributed by atoms with Crippen LogP contribution in [-0.2, 0) is 4.79 Å². The number of rotatable bonds is 9. The van der Waals surface area contributed by atoms with Gasteiger partial charge in [-0.25, -0.2) is 19.9 Å². The van der Waals surface area contributed by atoms with E-state index in [0.717, 1.165) is 35.0 Å². The summed E-state index contributed by atoms with van der Waals surface area (Å²) in [6.07, 6.45) is 0.764. The number of amides is 1. The highest BCUT2D eigenvalue weighted by Gasteiger charge is 2.35. The third-order valence-corrected chi connectivity index (χ3v) is 8.29. The van der Waals surface area contributed by atoms with Crippen LogP contribution in [0.4, 0.5) is 30.8 Å². The van der Waals surface area contributed by atoms with E-state index < -0.39 is 18.5 Å². The Hall–Kier alpha value is -4.46. The molecule has 1 unspecified atom stereocenters. The van der Waals surface area contributed by atoms with Crippen molar-refractivity contribution in [2.24, 2.45) is 0 Å². The Labute approximate surface area is 252 Å². The van der Waals surface area contributed by atoms with Crippen molar-refractivity contribution in [1.82, 2.24) is 34.7 Å². The normalized spacial score (nSPS) is 16.9. The highest BCUT2D eigenvalue weighted by atomic mass is 19.4. The second-order valence-electron chi connectivity index (χ2n) is 11.2. The minimum Gasteiger partial charge on any atom is -0.491 e. The zero-order valence-electron chi connectivity index (χ0n) is 24.5. The van der Waals surface area contributed by atoms with Crippen LogP contribution in [0.2, 0.25) is 0 Å². The summed E-state index contributed by atoms with van der Waals surface area (Å²) < 4.78 is 43.6. The molecule has 3 aromatic heterocycles. The molecule has 1 atom stereocenters. The molecule has 6 rings (SSSR count). The first-order chi connectivity index (χ1) is 21.2. The third-order valence-electron chi connectivity index (χ3n) is 8.29. The molecule has 1 aromatic carbocycles. The number of nitrogens with one attached hydrogen (secondary N) is 3. The number of aromatic nitrogens is 5. The van der Waals surface area contributed by atoms with Crippen molar-refractivity contribution in [3.05, 3.63) is 48.4 Å². The molecule has 0 spiro atoms. The highest BCUT2D eigenvalue weighted by Crippen LogP contribution is 2.36. The first-order valence-electron chi connectivity index (χ1n) is 14.6. The van der Waals surface area contributed by atoms with E-state index in [1.54, 1.807) is 13.3 Å². The highest BCUT2D eigenvalue weighted by molar-refractivity contribution is 5.85. The van der Waals surface area contributed by atoms with Crippen LogP contribution in [-0.4, -0.2) is 86.1 Å². The molecule has 11 nitrogen and oxygen atoms in total. The second-order valence-corrected chi connectivity index (χ2v) is 11.2. The van der Waals surface area contributed by atoms with E-state index in [4.69, 9.17) is 4.74 Å². The lowest BCUT2D eigenvalue weighted by molar-refractivity contribution is -0.162. The zero-order chi connectivity index (χ0) is 30.8. The van der Waals surface area contributed by atoms with Crippen LogP contribution in [0.25, 0.3) is 22.3 Å². The van der Waals surface area contributed by atoms with Gasteiger partial charge < -0.3 is 25.3 Å². The molecule has 1 saturated heterocycles. The first kappa shape index (κ1) is 29.6. The molecule has 1 aliphatic carbocycles. The number of piperazine rings is 1. The van der Waals surface area contributed by atoms with E-state index in [1.807, 2.05) is 37.3 Å². The fourth-order valence-electron chi connectivity index (χ4n) is 5.59. The summed E-state index contributed by atoms with van der Waals surface area (Å²) in [6.45, 7) is 3.52. The quantitative estimate of drug-likeness (QED) is 0.232. The summed E-state index contributed by atoms with van der Waals surface area (Å²) in [4.78, 5) is 36.7. The molecule has 4 heterocycles. The monoisotopic (exact) mass is 609 g/mol. The molecule has 2 fully saturated rings. The smallest absolute Gasteiger partial charge is 0.397 e. The van der Waals surface area contributed by atoms with E-state index in [1.165, 1.54) is 17.6 Å². The van der Waals surface area contributed by atoms with Gasteiger partial charge in [0.05, 0.1) is 18.1 Å². The van der Waals surface area contributed by atoms with Crippen molar-refractivity contribution in [3.8, 4) is 17.0 Å². The number of anilines is 3. The van der Waals surface area contributed by atoms with E-state index in [9.17, 15) is 18.0 Å². The zero-order valence-corrected chi connectivity index (χ0v) is 24.5. The van der Waals surface area contributed by atoms with Crippen LogP contribution in [0.5, 0.6) is 5.75 Å². The van der Waals surface area contributed by atoms with Gasteiger partial charge >= 0.3 is 6.18 Å². The molecule has 1 saturated carbocycles. The number of carbonyl (C=O) groups excluding carboxylic acids is 1. The van der Waals surface area contributed by atoms with Gasteiger partial charge in [0.15, 0.2) is 11.6 Å². The second kappa shape index (κ2) is 12.3. The third kappa shape index (κ3) is 6.54. The molecule has 3 N–H and O–H groups in total. The fourth-order valence-corrected chi connectivity index (χ4v) is 5.59. The van der Waals surface area contributed by atoms with Crippen LogP contribution >= 0.6 is 0 Å². The van der Waals surface area contributed by atoms with Crippen molar-refractivity contribution in [2.75, 3.05) is 43.9 Å². The summed E-state index contributed by atoms with van der Waals surface area (Å²) in [5.74, 6) is 1.53. The average molecular weight is 610 g/mol. The molecule has 44 heavy (non-hydrogen) atoms. The summed E-state index contributed by atoms with van der Waals surface area (Å²) in [6, 6.07) is 10.0. The van der Waals surface area contributed by atoms with Crippen molar-refractivity contribution in [2.45, 2.75) is 50.9 Å². The number of nitrogens with zero attached hydrogens (tertiary/aromatic N) is 6. The van der Waals surface area contributed by atoms with Gasteiger partial charge in [-0.05, 0) is 56.0 Å². The van der Waals surface area contributed by atoms with Gasteiger partial charge in [0.1, 0.15) is 24.3 Å². The van der Waals surface area contributed by atoms with Crippen molar-refractivity contribution in [1.29, 1.82) is 0 Å². The maximum atomic E-state index is 12.6. The van der Waals surface area contributed by atoms with Crippen LogP contribution in [0.1, 0.15) is 44.2 Å². The number of H-pyrrole nitrogens is 1. The molecule has 0 bridgehead atoms. The molecule has 2 aliphatic rings. The summed E-state index contributed by atoms with van der Waals surface area (Å²) in [5.41, 5.74) is 4.10. The number of hydrogen-bond acceptors (Lipinski definition) is 9. The number of pyridine rings is 1. The predicted molar refractivity (Wildman–Crippen MR) is 160 cm³/mol. The number of benzene rings is 1. The number of imidazole rings is 1. The van der Waals surface area contributed by atoms with Crippen molar-refractivity contribution < 1.29 is 22.7 Å². The summed E-state index contributed by atoms with van der Waals surface area (Å²) >= 11 is 0. The predicted octanol–water partition coefficient (Wildman–Crippen LogP) is 5.29. The Morgan fingerprint density at radius 3 is 2.61 bits per heavy atom. The molecule has 232 valence electrons. The molecular formula is C30H34F3N9O2. The Kier molecular flexibility index (Phi) is 8.25. The Bertz CT molecular complexity index is 1630. The lowest BCUT2D eigenvalue weighted by Gasteiger charge is -2.38. The van der Waals surface area contributed by atoms with Crippen LogP contribution in [0.15, 0.2) is 42.9 Å². The number of carbonyl (C=O) groups is 1. The number of methoxy groups -OCH3 is 1. The lowest BCUT2D eigenvalue weighted by Crippen LogP contribution is -2.50. The van der Waals surface area contributed by atoms with Gasteiger partial charge in [-0.3, -0.25) is 9.69 Å². The van der Waals surface area contributed by atoms with E-state index in [-0.39, 0.29) is 19.1 Å². The van der Waals surface area contributed by atoms with Gasteiger partial charge in [0.25, 0.3) is 0 Å². The maximum Gasteiger partial charge on any atom is 0.397 e. The number of alkyl halides is 3. The molecular weight excluding hydrogens is 575 g/mol.